The summed E-state index contributed by atoms with van der Waals surface area (Å²) in [5.74, 6) is 0.821. The Bertz CT molecular complexity index is 220. The predicted molar refractivity (Wildman–Crippen MR) is 50.5 cm³/mol. The normalized spacial score (nSPS) is 44.0. The van der Waals surface area contributed by atoms with Gasteiger partial charge in [-0.15, -0.1) is 0 Å². The van der Waals surface area contributed by atoms with Crippen LogP contribution in [0.2, 0.25) is 0 Å². The molecular formula is C11H18O2. The molecule has 0 saturated heterocycles. The average Bonchev–Trinajstić information content (AvgIpc) is 2.17. The summed E-state index contributed by atoms with van der Waals surface area (Å²) < 4.78 is 5.83. The fourth-order valence-corrected chi connectivity index (χ4v) is 3.08. The van der Waals surface area contributed by atoms with E-state index in [1.807, 2.05) is 13.8 Å². The van der Waals surface area contributed by atoms with E-state index in [0.717, 1.165) is 19.4 Å². The van der Waals surface area contributed by atoms with Gasteiger partial charge in [0.05, 0.1) is 5.60 Å². The zero-order valence-corrected chi connectivity index (χ0v) is 8.51. The summed E-state index contributed by atoms with van der Waals surface area (Å²) in [7, 11) is 0. The molecule has 0 bridgehead atoms. The number of ketones is 1. The molecule has 2 rings (SSSR count). The highest BCUT2D eigenvalue weighted by atomic mass is 16.5. The molecule has 0 aliphatic heterocycles. The molecule has 0 spiro atoms. The standard InChI is InChI=1S/C11H18O2/c1-3-13-11-7-5-4-6-9(11)10(12)8(11)2/h8-9H,3-7H2,1-2H3. The Morgan fingerprint density at radius 2 is 2.31 bits per heavy atom. The number of carbonyl (C=O) groups excluding carboxylic acids is 1. The molecule has 3 unspecified atom stereocenters. The number of hydrogen-bond donors (Lipinski definition) is 0. The zero-order valence-electron chi connectivity index (χ0n) is 8.51. The largest absolute Gasteiger partial charge is 0.374 e. The van der Waals surface area contributed by atoms with Gasteiger partial charge in [0.15, 0.2) is 0 Å². The molecule has 13 heavy (non-hydrogen) atoms. The fourth-order valence-electron chi connectivity index (χ4n) is 3.08. The Morgan fingerprint density at radius 3 is 3.00 bits per heavy atom. The fraction of sp³-hybridized carbons (Fsp3) is 0.909. The van der Waals surface area contributed by atoms with Crippen LogP contribution in [0, 0.1) is 11.8 Å². The molecule has 2 fully saturated rings. The van der Waals surface area contributed by atoms with Crippen LogP contribution in [0.25, 0.3) is 0 Å². The maximum Gasteiger partial charge on any atom is 0.144 e. The summed E-state index contributed by atoms with van der Waals surface area (Å²) in [5.41, 5.74) is -0.0515. The summed E-state index contributed by atoms with van der Waals surface area (Å²) in [6.07, 6.45) is 4.59. The molecule has 0 heterocycles. The van der Waals surface area contributed by atoms with Crippen LogP contribution in [0.5, 0.6) is 0 Å². The number of ether oxygens (including phenoxy) is 1. The maximum atomic E-state index is 11.6. The first-order valence-corrected chi connectivity index (χ1v) is 5.40. The van der Waals surface area contributed by atoms with Crippen LogP contribution < -0.4 is 0 Å². The lowest BCUT2D eigenvalue weighted by molar-refractivity contribution is -0.200. The molecule has 0 aromatic rings. The van der Waals surface area contributed by atoms with Crippen molar-refractivity contribution in [2.75, 3.05) is 6.61 Å². The predicted octanol–water partition coefficient (Wildman–Crippen LogP) is 2.17. The van der Waals surface area contributed by atoms with E-state index in [1.54, 1.807) is 0 Å². The SMILES string of the molecule is CCOC12CCCCC1C(=O)C2C. The Balaban J connectivity index is 2.16. The monoisotopic (exact) mass is 182 g/mol. The van der Waals surface area contributed by atoms with Gasteiger partial charge in [0.25, 0.3) is 0 Å². The summed E-state index contributed by atoms with van der Waals surface area (Å²) in [4.78, 5) is 11.6. The first-order valence-electron chi connectivity index (χ1n) is 5.40. The lowest BCUT2D eigenvalue weighted by Crippen LogP contribution is -2.64. The third-order valence-corrected chi connectivity index (χ3v) is 3.82. The Morgan fingerprint density at radius 1 is 1.54 bits per heavy atom. The molecule has 2 heteroatoms. The summed E-state index contributed by atoms with van der Waals surface area (Å²) in [5, 5.41) is 0. The average molecular weight is 182 g/mol. The first-order chi connectivity index (χ1) is 6.22. The van der Waals surface area contributed by atoms with E-state index in [9.17, 15) is 4.79 Å². The van der Waals surface area contributed by atoms with Crippen molar-refractivity contribution in [1.82, 2.24) is 0 Å². The number of hydrogen-bond acceptors (Lipinski definition) is 2. The van der Waals surface area contributed by atoms with Crippen LogP contribution in [-0.2, 0) is 9.53 Å². The molecule has 0 radical (unpaired) electrons. The van der Waals surface area contributed by atoms with Gasteiger partial charge in [0.1, 0.15) is 5.78 Å². The number of carbonyl (C=O) groups is 1. The Kier molecular flexibility index (Phi) is 2.18. The molecule has 74 valence electrons. The van der Waals surface area contributed by atoms with Gasteiger partial charge in [0, 0.05) is 18.4 Å². The van der Waals surface area contributed by atoms with Gasteiger partial charge in [-0.3, -0.25) is 4.79 Å². The van der Waals surface area contributed by atoms with Crippen LogP contribution in [0.15, 0.2) is 0 Å². The quantitative estimate of drug-likeness (QED) is 0.654. The molecule has 2 saturated carbocycles. The van der Waals surface area contributed by atoms with E-state index >= 15 is 0 Å². The minimum atomic E-state index is -0.0515. The van der Waals surface area contributed by atoms with E-state index in [4.69, 9.17) is 4.74 Å². The van der Waals surface area contributed by atoms with E-state index in [1.165, 1.54) is 12.8 Å². The van der Waals surface area contributed by atoms with E-state index < -0.39 is 0 Å². The van der Waals surface area contributed by atoms with E-state index in [-0.39, 0.29) is 17.4 Å². The lowest BCUT2D eigenvalue weighted by Gasteiger charge is -2.55. The van der Waals surface area contributed by atoms with Gasteiger partial charge in [-0.25, -0.2) is 0 Å². The summed E-state index contributed by atoms with van der Waals surface area (Å²) in [6, 6.07) is 0. The Labute approximate surface area is 79.7 Å². The van der Waals surface area contributed by atoms with Gasteiger partial charge in [0.2, 0.25) is 0 Å². The van der Waals surface area contributed by atoms with Crippen LogP contribution in [0.3, 0.4) is 0 Å². The second kappa shape index (κ2) is 3.09. The topological polar surface area (TPSA) is 26.3 Å². The van der Waals surface area contributed by atoms with Crippen LogP contribution in [-0.4, -0.2) is 18.0 Å². The molecule has 2 nitrogen and oxygen atoms in total. The van der Waals surface area contributed by atoms with Crippen molar-refractivity contribution in [1.29, 1.82) is 0 Å². The third-order valence-electron chi connectivity index (χ3n) is 3.82. The highest BCUT2D eigenvalue weighted by molar-refractivity contribution is 5.92. The van der Waals surface area contributed by atoms with Gasteiger partial charge < -0.3 is 4.74 Å². The summed E-state index contributed by atoms with van der Waals surface area (Å²) >= 11 is 0. The number of Topliss-reactive ketones (excluding diaryl/α,β-unsaturated/α-hetero) is 1. The number of fused-ring (bicyclic) bond motifs is 1. The van der Waals surface area contributed by atoms with Gasteiger partial charge in [-0.1, -0.05) is 19.8 Å². The Hall–Kier alpha value is -0.370. The smallest absolute Gasteiger partial charge is 0.144 e. The van der Waals surface area contributed by atoms with Gasteiger partial charge in [-0.2, -0.15) is 0 Å². The zero-order chi connectivity index (χ0) is 9.47. The molecule has 0 aromatic heterocycles. The third kappa shape index (κ3) is 1.08. The van der Waals surface area contributed by atoms with Crippen molar-refractivity contribution >= 4 is 5.78 Å². The van der Waals surface area contributed by atoms with Gasteiger partial charge >= 0.3 is 0 Å². The van der Waals surface area contributed by atoms with Crippen molar-refractivity contribution in [3.05, 3.63) is 0 Å². The van der Waals surface area contributed by atoms with Crippen molar-refractivity contribution in [2.24, 2.45) is 11.8 Å². The lowest BCUT2D eigenvalue weighted by atomic mass is 9.54. The second-order valence-corrected chi connectivity index (χ2v) is 4.31. The molecule has 0 amide bonds. The van der Waals surface area contributed by atoms with Crippen molar-refractivity contribution in [3.63, 3.8) is 0 Å². The molecule has 0 aromatic carbocycles. The molecular weight excluding hydrogens is 164 g/mol. The minimum absolute atomic E-state index is 0.0515. The van der Waals surface area contributed by atoms with Gasteiger partial charge in [-0.05, 0) is 19.8 Å². The van der Waals surface area contributed by atoms with Crippen LogP contribution in [0.4, 0.5) is 0 Å². The highest BCUT2D eigenvalue weighted by Gasteiger charge is 2.60. The van der Waals surface area contributed by atoms with Crippen molar-refractivity contribution in [2.45, 2.75) is 45.1 Å². The summed E-state index contributed by atoms with van der Waals surface area (Å²) in [6.45, 7) is 4.80. The molecule has 2 aliphatic rings. The highest BCUT2D eigenvalue weighted by Crippen LogP contribution is 2.52. The second-order valence-electron chi connectivity index (χ2n) is 4.31. The van der Waals surface area contributed by atoms with Crippen molar-refractivity contribution < 1.29 is 9.53 Å². The molecule has 2 aliphatic carbocycles. The van der Waals surface area contributed by atoms with Crippen LogP contribution >= 0.6 is 0 Å². The minimum Gasteiger partial charge on any atom is -0.374 e. The molecule has 0 N–H and O–H groups in total. The van der Waals surface area contributed by atoms with E-state index in [0.29, 0.717) is 5.78 Å². The maximum absolute atomic E-state index is 11.6. The van der Waals surface area contributed by atoms with E-state index in [2.05, 4.69) is 0 Å². The first kappa shape index (κ1) is 9.20. The number of rotatable bonds is 2. The van der Waals surface area contributed by atoms with Crippen molar-refractivity contribution in [3.8, 4) is 0 Å². The molecule has 3 atom stereocenters. The van der Waals surface area contributed by atoms with Crippen LogP contribution in [0.1, 0.15) is 39.5 Å².